The van der Waals surface area contributed by atoms with Gasteiger partial charge in [-0.3, -0.25) is 4.79 Å². The summed E-state index contributed by atoms with van der Waals surface area (Å²) in [6.45, 7) is 0.542. The molecule has 0 aliphatic rings. The van der Waals surface area contributed by atoms with Crippen LogP contribution in [0, 0.1) is 0 Å². The molecule has 1 aromatic carbocycles. The summed E-state index contributed by atoms with van der Waals surface area (Å²) in [5.41, 5.74) is 0. The number of carbonyl (C=O) groups excluding carboxylic acids is 1. The molecule has 0 aliphatic heterocycles. The van der Waals surface area contributed by atoms with Crippen molar-refractivity contribution < 1.29 is 19.0 Å². The van der Waals surface area contributed by atoms with Gasteiger partial charge in [0.1, 0.15) is 12.4 Å². The zero-order valence-corrected chi connectivity index (χ0v) is 7.88. The molecule has 1 rings (SSSR count). The Labute approximate surface area is 82.4 Å². The van der Waals surface area contributed by atoms with Gasteiger partial charge in [-0.05, 0) is 12.1 Å². The predicted octanol–water partition coefficient (Wildman–Crippen LogP) is 1.21. The second kappa shape index (κ2) is 5.99. The molecule has 0 saturated carbocycles. The monoisotopic (exact) mass is 196 g/mol. The molecular weight excluding hydrogens is 184 g/mol. The average molecular weight is 196 g/mol. The van der Waals surface area contributed by atoms with Crippen molar-refractivity contribution >= 4 is 6.47 Å². The van der Waals surface area contributed by atoms with E-state index in [1.165, 1.54) is 7.11 Å². The van der Waals surface area contributed by atoms with Gasteiger partial charge in [-0.25, -0.2) is 0 Å². The van der Waals surface area contributed by atoms with Crippen LogP contribution in [0.4, 0.5) is 0 Å². The van der Waals surface area contributed by atoms with E-state index in [1.807, 2.05) is 18.2 Å². The van der Waals surface area contributed by atoms with Crippen LogP contribution in [0.5, 0.6) is 5.75 Å². The highest BCUT2D eigenvalue weighted by Gasteiger charge is 2.09. The molecular formula is C10H12O4. The standard InChI is InChI=1S/C10H12O4/c1-12-7-10(13-8-11)14-9-5-3-2-4-6-9/h2-6,8,10H,7H2,1H3. The molecule has 0 aliphatic carbocycles. The van der Waals surface area contributed by atoms with Gasteiger partial charge in [0.25, 0.3) is 12.8 Å². The Morgan fingerprint density at radius 2 is 2.07 bits per heavy atom. The van der Waals surface area contributed by atoms with Crippen molar-refractivity contribution in [3.8, 4) is 5.75 Å². The first-order chi connectivity index (χ1) is 6.86. The maximum Gasteiger partial charge on any atom is 0.296 e. The largest absolute Gasteiger partial charge is 0.452 e. The zero-order valence-electron chi connectivity index (χ0n) is 7.88. The number of para-hydroxylation sites is 1. The summed E-state index contributed by atoms with van der Waals surface area (Å²) in [4.78, 5) is 10.1. The van der Waals surface area contributed by atoms with E-state index in [-0.39, 0.29) is 6.61 Å². The van der Waals surface area contributed by atoms with Gasteiger partial charge < -0.3 is 14.2 Å². The summed E-state index contributed by atoms with van der Waals surface area (Å²) in [5, 5.41) is 0. The Balaban J connectivity index is 2.50. The molecule has 4 heteroatoms. The lowest BCUT2D eigenvalue weighted by Gasteiger charge is -2.15. The van der Waals surface area contributed by atoms with E-state index in [1.54, 1.807) is 12.1 Å². The number of methoxy groups -OCH3 is 1. The molecule has 0 spiro atoms. The molecule has 76 valence electrons. The Kier molecular flexibility index (Phi) is 4.50. The van der Waals surface area contributed by atoms with Crippen LogP contribution in [0.2, 0.25) is 0 Å². The first kappa shape index (κ1) is 10.5. The molecule has 0 N–H and O–H groups in total. The highest BCUT2D eigenvalue weighted by atomic mass is 16.7. The van der Waals surface area contributed by atoms with Crippen LogP contribution < -0.4 is 4.74 Å². The molecule has 0 aromatic heterocycles. The van der Waals surface area contributed by atoms with Crippen molar-refractivity contribution in [1.82, 2.24) is 0 Å². The highest BCUT2D eigenvalue weighted by molar-refractivity contribution is 5.37. The van der Waals surface area contributed by atoms with Gasteiger partial charge in [0.15, 0.2) is 0 Å². The van der Waals surface area contributed by atoms with Crippen LogP contribution in [-0.4, -0.2) is 26.5 Å². The maximum absolute atomic E-state index is 10.1. The minimum atomic E-state index is -0.695. The molecule has 0 saturated heterocycles. The van der Waals surface area contributed by atoms with Crippen molar-refractivity contribution in [2.45, 2.75) is 6.29 Å². The lowest BCUT2D eigenvalue weighted by Crippen LogP contribution is -2.25. The van der Waals surface area contributed by atoms with Gasteiger partial charge in [0.2, 0.25) is 0 Å². The fraction of sp³-hybridized carbons (Fsp3) is 0.300. The molecule has 0 radical (unpaired) electrons. The second-order valence-corrected chi connectivity index (χ2v) is 2.55. The van der Waals surface area contributed by atoms with Crippen LogP contribution in [0.15, 0.2) is 30.3 Å². The number of carbonyl (C=O) groups is 1. The minimum absolute atomic E-state index is 0.202. The van der Waals surface area contributed by atoms with Gasteiger partial charge in [0, 0.05) is 7.11 Å². The number of hydrogen-bond acceptors (Lipinski definition) is 4. The normalized spacial score (nSPS) is 11.8. The van der Waals surface area contributed by atoms with Crippen molar-refractivity contribution in [3.05, 3.63) is 30.3 Å². The lowest BCUT2D eigenvalue weighted by atomic mass is 10.3. The maximum atomic E-state index is 10.1. The third kappa shape index (κ3) is 3.45. The first-order valence-corrected chi connectivity index (χ1v) is 4.16. The molecule has 0 fully saturated rings. The van der Waals surface area contributed by atoms with Gasteiger partial charge in [-0.1, -0.05) is 18.2 Å². The average Bonchev–Trinajstić information content (AvgIpc) is 2.20. The third-order valence-corrected chi connectivity index (χ3v) is 1.52. The molecule has 0 bridgehead atoms. The van der Waals surface area contributed by atoms with Crippen LogP contribution >= 0.6 is 0 Å². The first-order valence-electron chi connectivity index (χ1n) is 4.16. The number of benzene rings is 1. The van der Waals surface area contributed by atoms with E-state index in [0.29, 0.717) is 12.2 Å². The quantitative estimate of drug-likeness (QED) is 0.506. The van der Waals surface area contributed by atoms with E-state index >= 15 is 0 Å². The van der Waals surface area contributed by atoms with Gasteiger partial charge in [0.05, 0.1) is 0 Å². The summed E-state index contributed by atoms with van der Waals surface area (Å²) in [7, 11) is 1.51. The molecule has 1 unspecified atom stereocenters. The Hall–Kier alpha value is -1.55. The summed E-state index contributed by atoms with van der Waals surface area (Å²) >= 11 is 0. The van der Waals surface area contributed by atoms with Crippen LogP contribution in [-0.2, 0) is 14.3 Å². The highest BCUT2D eigenvalue weighted by Crippen LogP contribution is 2.11. The van der Waals surface area contributed by atoms with E-state index in [2.05, 4.69) is 4.74 Å². The predicted molar refractivity (Wildman–Crippen MR) is 49.9 cm³/mol. The van der Waals surface area contributed by atoms with Crippen molar-refractivity contribution in [1.29, 1.82) is 0 Å². The Morgan fingerprint density at radius 3 is 2.64 bits per heavy atom. The summed E-state index contributed by atoms with van der Waals surface area (Å²) < 4.78 is 14.8. The molecule has 1 atom stereocenters. The molecule has 1 aromatic rings. The Morgan fingerprint density at radius 1 is 1.36 bits per heavy atom. The summed E-state index contributed by atoms with van der Waals surface area (Å²) in [6.07, 6.45) is -0.695. The fourth-order valence-electron chi connectivity index (χ4n) is 0.950. The van der Waals surface area contributed by atoms with E-state index in [4.69, 9.17) is 9.47 Å². The van der Waals surface area contributed by atoms with E-state index in [9.17, 15) is 4.79 Å². The molecule has 4 nitrogen and oxygen atoms in total. The lowest BCUT2D eigenvalue weighted by molar-refractivity contribution is -0.154. The summed E-state index contributed by atoms with van der Waals surface area (Å²) in [6, 6.07) is 9.09. The van der Waals surface area contributed by atoms with Crippen LogP contribution in [0.3, 0.4) is 0 Å². The molecule has 14 heavy (non-hydrogen) atoms. The van der Waals surface area contributed by atoms with Gasteiger partial charge >= 0.3 is 0 Å². The van der Waals surface area contributed by atoms with Crippen molar-refractivity contribution in [3.63, 3.8) is 0 Å². The fourth-order valence-corrected chi connectivity index (χ4v) is 0.950. The number of rotatable bonds is 6. The smallest absolute Gasteiger partial charge is 0.296 e. The molecule has 0 heterocycles. The zero-order chi connectivity index (χ0) is 10.2. The minimum Gasteiger partial charge on any atom is -0.452 e. The van der Waals surface area contributed by atoms with Crippen LogP contribution in [0.1, 0.15) is 0 Å². The third-order valence-electron chi connectivity index (χ3n) is 1.52. The number of hydrogen-bond donors (Lipinski definition) is 0. The SMILES string of the molecule is COCC(OC=O)Oc1ccccc1. The topological polar surface area (TPSA) is 44.8 Å². The van der Waals surface area contributed by atoms with Crippen LogP contribution in [0.25, 0.3) is 0 Å². The second-order valence-electron chi connectivity index (χ2n) is 2.55. The van der Waals surface area contributed by atoms with E-state index < -0.39 is 6.29 Å². The van der Waals surface area contributed by atoms with Gasteiger partial charge in [-0.2, -0.15) is 0 Å². The van der Waals surface area contributed by atoms with E-state index in [0.717, 1.165) is 0 Å². The van der Waals surface area contributed by atoms with Gasteiger partial charge in [-0.15, -0.1) is 0 Å². The van der Waals surface area contributed by atoms with Crippen molar-refractivity contribution in [2.24, 2.45) is 0 Å². The number of ether oxygens (including phenoxy) is 3. The Bertz CT molecular complexity index is 260. The van der Waals surface area contributed by atoms with Crippen molar-refractivity contribution in [2.75, 3.05) is 13.7 Å². The summed E-state index contributed by atoms with van der Waals surface area (Å²) in [5.74, 6) is 0.636. The molecule has 0 amide bonds.